The zero-order valence-corrected chi connectivity index (χ0v) is 7.86. The summed E-state index contributed by atoms with van der Waals surface area (Å²) in [7, 11) is 0. The molecule has 1 aliphatic carbocycles. The third kappa shape index (κ3) is 1.18. The van der Waals surface area contributed by atoms with E-state index >= 15 is 0 Å². The van der Waals surface area contributed by atoms with Crippen LogP contribution in [0.25, 0.3) is 0 Å². The summed E-state index contributed by atoms with van der Waals surface area (Å²) in [5.41, 5.74) is -5.50. The average Bonchev–Trinajstić information content (AvgIpc) is 2.51. The van der Waals surface area contributed by atoms with E-state index in [1.807, 2.05) is 0 Å². The molecule has 1 saturated carbocycles. The molecular weight excluding hydrogens is 223 g/mol. The van der Waals surface area contributed by atoms with Crippen molar-refractivity contribution < 1.29 is 31.9 Å². The van der Waals surface area contributed by atoms with E-state index in [1.165, 1.54) is 0 Å². The van der Waals surface area contributed by atoms with Gasteiger partial charge in [0.15, 0.2) is 0 Å². The summed E-state index contributed by atoms with van der Waals surface area (Å²) in [5, 5.41) is 10.4. The molecular formula is C8H8F5O2-. The van der Waals surface area contributed by atoms with Gasteiger partial charge >= 0.3 is 6.18 Å². The number of hydrogen-bond donors (Lipinski definition) is 0. The SMILES string of the molecule is CC1(C(F)F)C(C(=O)[O-])C1(C)C(F)(F)F. The monoisotopic (exact) mass is 231 g/mol. The van der Waals surface area contributed by atoms with Gasteiger partial charge in [0.05, 0.1) is 10.8 Å². The van der Waals surface area contributed by atoms with E-state index in [4.69, 9.17) is 0 Å². The van der Waals surface area contributed by atoms with Gasteiger partial charge in [-0.1, -0.05) is 6.92 Å². The van der Waals surface area contributed by atoms with Crippen LogP contribution < -0.4 is 5.11 Å². The summed E-state index contributed by atoms with van der Waals surface area (Å²) in [6.07, 6.45) is -8.34. The highest BCUT2D eigenvalue weighted by Crippen LogP contribution is 2.77. The van der Waals surface area contributed by atoms with Crippen molar-refractivity contribution in [1.82, 2.24) is 0 Å². The molecule has 1 fully saturated rings. The van der Waals surface area contributed by atoms with Gasteiger partial charge in [0.1, 0.15) is 0 Å². The molecule has 0 aromatic heterocycles. The van der Waals surface area contributed by atoms with Gasteiger partial charge in [-0.25, -0.2) is 8.78 Å². The molecule has 0 heterocycles. The Bertz CT molecular complexity index is 300. The number of carbonyl (C=O) groups is 1. The van der Waals surface area contributed by atoms with E-state index in [-0.39, 0.29) is 0 Å². The van der Waals surface area contributed by atoms with Gasteiger partial charge in [-0.2, -0.15) is 13.2 Å². The summed E-state index contributed by atoms with van der Waals surface area (Å²) < 4.78 is 62.3. The molecule has 7 heteroatoms. The first-order valence-electron chi connectivity index (χ1n) is 4.07. The number of alkyl halides is 5. The molecule has 2 nitrogen and oxygen atoms in total. The lowest BCUT2D eigenvalue weighted by molar-refractivity contribution is -0.312. The first-order chi connectivity index (χ1) is 6.51. The Morgan fingerprint density at radius 2 is 1.73 bits per heavy atom. The van der Waals surface area contributed by atoms with Gasteiger partial charge in [0.2, 0.25) is 6.43 Å². The average molecular weight is 231 g/mol. The van der Waals surface area contributed by atoms with E-state index in [9.17, 15) is 31.9 Å². The van der Waals surface area contributed by atoms with Crippen LogP contribution in [-0.2, 0) is 4.79 Å². The number of carbonyl (C=O) groups excluding carboxylic acids is 1. The van der Waals surface area contributed by atoms with Crippen LogP contribution >= 0.6 is 0 Å². The second kappa shape index (κ2) is 2.82. The standard InChI is InChI=1S/C8H9F5O2/c1-6(5(9)10)3(4(14)15)7(6,2)8(11,12)13/h3,5H,1-2H3,(H,14,15)/p-1. The molecule has 1 aliphatic rings. The number of halogens is 5. The second-order valence-corrected chi connectivity index (χ2v) is 4.04. The van der Waals surface area contributed by atoms with E-state index in [1.54, 1.807) is 0 Å². The Balaban J connectivity index is 3.18. The zero-order valence-electron chi connectivity index (χ0n) is 7.86. The lowest BCUT2D eigenvalue weighted by atomic mass is 9.96. The molecule has 88 valence electrons. The summed E-state index contributed by atoms with van der Waals surface area (Å²) >= 11 is 0. The third-order valence-corrected chi connectivity index (χ3v) is 3.49. The van der Waals surface area contributed by atoms with Crippen LogP contribution in [0.3, 0.4) is 0 Å². The molecule has 0 aromatic carbocycles. The van der Waals surface area contributed by atoms with Gasteiger partial charge in [-0.05, 0) is 6.92 Å². The van der Waals surface area contributed by atoms with Crippen LogP contribution in [0.5, 0.6) is 0 Å². The Morgan fingerprint density at radius 1 is 1.33 bits per heavy atom. The number of hydrogen-bond acceptors (Lipinski definition) is 2. The van der Waals surface area contributed by atoms with E-state index < -0.39 is 35.3 Å². The van der Waals surface area contributed by atoms with Crippen LogP contribution in [-0.4, -0.2) is 18.6 Å². The highest BCUT2D eigenvalue weighted by molar-refractivity contribution is 5.75. The number of rotatable bonds is 2. The molecule has 0 aromatic rings. The molecule has 0 spiro atoms. The first kappa shape index (κ1) is 12.2. The van der Waals surface area contributed by atoms with E-state index in [0.717, 1.165) is 0 Å². The van der Waals surface area contributed by atoms with E-state index in [0.29, 0.717) is 13.8 Å². The third-order valence-electron chi connectivity index (χ3n) is 3.49. The first-order valence-corrected chi connectivity index (χ1v) is 4.07. The predicted octanol–water partition coefficient (Wildman–Crippen LogP) is 1.21. The van der Waals surface area contributed by atoms with Crippen molar-refractivity contribution in [3.05, 3.63) is 0 Å². The van der Waals surface area contributed by atoms with Crippen LogP contribution in [0.4, 0.5) is 22.0 Å². The van der Waals surface area contributed by atoms with Gasteiger partial charge in [-0.15, -0.1) is 0 Å². The molecule has 0 aliphatic heterocycles. The Hall–Kier alpha value is -0.880. The van der Waals surface area contributed by atoms with Crippen molar-refractivity contribution in [3.63, 3.8) is 0 Å². The highest BCUT2D eigenvalue weighted by atomic mass is 19.4. The lowest BCUT2D eigenvalue weighted by Crippen LogP contribution is -2.32. The molecule has 3 atom stereocenters. The quantitative estimate of drug-likeness (QED) is 0.670. The predicted molar refractivity (Wildman–Crippen MR) is 36.8 cm³/mol. The minimum Gasteiger partial charge on any atom is -0.550 e. The van der Waals surface area contributed by atoms with Gasteiger partial charge in [0, 0.05) is 11.9 Å². The maximum Gasteiger partial charge on any atom is 0.395 e. The van der Waals surface area contributed by atoms with Gasteiger partial charge < -0.3 is 9.90 Å². The summed E-state index contributed by atoms with van der Waals surface area (Å²) in [6.45, 7) is 1.10. The summed E-state index contributed by atoms with van der Waals surface area (Å²) in [6, 6.07) is 0. The maximum absolute atomic E-state index is 12.5. The minimum atomic E-state index is -4.98. The second-order valence-electron chi connectivity index (χ2n) is 4.04. The fourth-order valence-electron chi connectivity index (χ4n) is 2.13. The fourth-order valence-corrected chi connectivity index (χ4v) is 2.13. The lowest BCUT2D eigenvalue weighted by Gasteiger charge is -2.20. The van der Waals surface area contributed by atoms with Crippen molar-refractivity contribution in [2.75, 3.05) is 0 Å². The zero-order chi connectivity index (χ0) is 12.2. The van der Waals surface area contributed by atoms with Crippen LogP contribution in [0.1, 0.15) is 13.8 Å². The molecule has 1 rings (SSSR count). The Morgan fingerprint density at radius 3 is 1.80 bits per heavy atom. The molecule has 0 N–H and O–H groups in total. The van der Waals surface area contributed by atoms with Crippen LogP contribution in [0, 0.1) is 16.7 Å². The fraction of sp³-hybridized carbons (Fsp3) is 0.875. The molecule has 0 bridgehead atoms. The molecule has 3 unspecified atom stereocenters. The van der Waals surface area contributed by atoms with E-state index in [2.05, 4.69) is 0 Å². The Kier molecular flexibility index (Phi) is 2.30. The number of carboxylic acid groups (broad SMARTS) is 1. The van der Waals surface area contributed by atoms with Crippen molar-refractivity contribution in [1.29, 1.82) is 0 Å². The largest absolute Gasteiger partial charge is 0.550 e. The Labute approximate surface area is 82.1 Å². The maximum atomic E-state index is 12.5. The summed E-state index contributed by atoms with van der Waals surface area (Å²) in [5.74, 6) is -4.28. The number of carboxylic acids is 1. The minimum absolute atomic E-state index is 0.486. The highest BCUT2D eigenvalue weighted by Gasteiger charge is 2.85. The normalized spacial score (nSPS) is 40.7. The van der Waals surface area contributed by atoms with Crippen molar-refractivity contribution in [3.8, 4) is 0 Å². The summed E-state index contributed by atoms with van der Waals surface area (Å²) in [4.78, 5) is 10.4. The van der Waals surface area contributed by atoms with Crippen LogP contribution in [0.2, 0.25) is 0 Å². The van der Waals surface area contributed by atoms with Crippen molar-refractivity contribution in [2.24, 2.45) is 16.7 Å². The van der Waals surface area contributed by atoms with Crippen molar-refractivity contribution in [2.45, 2.75) is 26.4 Å². The topological polar surface area (TPSA) is 40.1 Å². The van der Waals surface area contributed by atoms with Crippen LogP contribution in [0.15, 0.2) is 0 Å². The van der Waals surface area contributed by atoms with Gasteiger partial charge in [0.25, 0.3) is 0 Å². The molecule has 15 heavy (non-hydrogen) atoms. The molecule has 0 amide bonds. The molecule has 0 radical (unpaired) electrons. The van der Waals surface area contributed by atoms with Crippen molar-refractivity contribution >= 4 is 5.97 Å². The smallest absolute Gasteiger partial charge is 0.395 e. The molecule has 0 saturated heterocycles. The number of aliphatic carboxylic acids is 1. The van der Waals surface area contributed by atoms with Gasteiger partial charge in [-0.3, -0.25) is 0 Å².